The Morgan fingerprint density at radius 1 is 1.06 bits per heavy atom. The van der Waals surface area contributed by atoms with Crippen LogP contribution in [-0.2, 0) is 11.3 Å². The van der Waals surface area contributed by atoms with E-state index in [9.17, 15) is 9.59 Å². The molecule has 3 amide bonds. The van der Waals surface area contributed by atoms with E-state index in [-0.39, 0.29) is 11.9 Å². The lowest BCUT2D eigenvalue weighted by atomic mass is 10.1. The molecular formula is C23H29ClN7O2+. The Kier molecular flexibility index (Phi) is 5.41. The zero-order valence-corrected chi connectivity index (χ0v) is 20.2. The van der Waals surface area contributed by atoms with Gasteiger partial charge < -0.3 is 4.90 Å². The molecule has 0 aliphatic carbocycles. The average Bonchev–Trinajstić information content (AvgIpc) is 3.31. The molecule has 1 aromatic carbocycles. The molecule has 2 aromatic rings. The van der Waals surface area contributed by atoms with Crippen LogP contribution in [0.15, 0.2) is 29.4 Å². The molecule has 2 fully saturated rings. The summed E-state index contributed by atoms with van der Waals surface area (Å²) in [4.78, 5) is 37.3. The minimum absolute atomic E-state index is 0.245. The summed E-state index contributed by atoms with van der Waals surface area (Å²) < 4.78 is 4.04. The number of rotatable bonds is 4. The fraction of sp³-hybridized carbons (Fsp3) is 0.478. The second-order valence-electron chi connectivity index (χ2n) is 9.00. The Morgan fingerprint density at radius 3 is 2.52 bits per heavy atom. The van der Waals surface area contributed by atoms with E-state index >= 15 is 0 Å². The third-order valence-electron chi connectivity index (χ3n) is 6.97. The van der Waals surface area contributed by atoms with Crippen LogP contribution in [0.5, 0.6) is 0 Å². The number of aliphatic imine (C=N–C) groups is 1. The molecule has 2 saturated heterocycles. The Hall–Kier alpha value is -2.91. The van der Waals surface area contributed by atoms with Gasteiger partial charge in [0.15, 0.2) is 0 Å². The van der Waals surface area contributed by atoms with Crippen molar-refractivity contribution in [2.45, 2.75) is 26.4 Å². The van der Waals surface area contributed by atoms with Crippen molar-refractivity contribution in [1.29, 1.82) is 0 Å². The molecule has 0 saturated carbocycles. The lowest BCUT2D eigenvalue weighted by molar-refractivity contribution is -0.677. The Balaban J connectivity index is 1.27. The zero-order chi connectivity index (χ0) is 23.4. The molecule has 0 N–H and O–H groups in total. The number of amidine groups is 1. The summed E-state index contributed by atoms with van der Waals surface area (Å²) in [6.45, 7) is 9.68. The second kappa shape index (κ2) is 8.14. The molecule has 1 atom stereocenters. The highest BCUT2D eigenvalue weighted by Crippen LogP contribution is 2.29. The van der Waals surface area contributed by atoms with Crippen LogP contribution in [0.3, 0.4) is 0 Å². The van der Waals surface area contributed by atoms with Crippen molar-refractivity contribution >= 4 is 41.0 Å². The lowest BCUT2D eigenvalue weighted by Gasteiger charge is -2.36. The molecule has 3 aliphatic heterocycles. The number of aryl methyl sites for hydroxylation is 2. The van der Waals surface area contributed by atoms with Crippen molar-refractivity contribution in [3.8, 4) is 0 Å². The largest absolute Gasteiger partial charge is 0.401 e. The van der Waals surface area contributed by atoms with Crippen molar-refractivity contribution in [3.63, 3.8) is 0 Å². The molecule has 1 unspecified atom stereocenters. The molecule has 4 heterocycles. The van der Waals surface area contributed by atoms with Gasteiger partial charge in [0.25, 0.3) is 5.91 Å². The second-order valence-corrected chi connectivity index (χ2v) is 9.44. The monoisotopic (exact) mass is 470 g/mol. The van der Waals surface area contributed by atoms with Gasteiger partial charge in [0.2, 0.25) is 11.9 Å². The number of halogens is 1. The van der Waals surface area contributed by atoms with Crippen LogP contribution in [0.2, 0.25) is 5.02 Å². The molecule has 1 aromatic heterocycles. The normalized spacial score (nSPS) is 20.9. The minimum Gasteiger partial charge on any atom is -0.369 e. The Bertz CT molecular complexity index is 1170. The van der Waals surface area contributed by atoms with Gasteiger partial charge in [-0.25, -0.2) is 13.9 Å². The van der Waals surface area contributed by atoms with Gasteiger partial charge in [0.05, 0.1) is 6.54 Å². The Morgan fingerprint density at radius 2 is 1.79 bits per heavy atom. The summed E-state index contributed by atoms with van der Waals surface area (Å²) in [7, 11) is 3.19. The van der Waals surface area contributed by atoms with Crippen LogP contribution in [-0.4, -0.2) is 83.9 Å². The van der Waals surface area contributed by atoms with Crippen molar-refractivity contribution in [2.75, 3.05) is 51.7 Å². The number of piperazine rings is 1. The highest BCUT2D eigenvalue weighted by Gasteiger charge is 2.52. The number of hydrogen-bond donors (Lipinski definition) is 0. The first-order valence-corrected chi connectivity index (χ1v) is 11.6. The first-order valence-electron chi connectivity index (χ1n) is 11.2. The van der Waals surface area contributed by atoms with E-state index in [1.54, 1.807) is 7.05 Å². The highest BCUT2D eigenvalue weighted by atomic mass is 35.5. The van der Waals surface area contributed by atoms with E-state index < -0.39 is 6.04 Å². The number of carbonyl (C=O) groups is 2. The highest BCUT2D eigenvalue weighted by molar-refractivity contribution is 6.30. The third kappa shape index (κ3) is 3.59. The number of imide groups is 1. The predicted molar refractivity (Wildman–Crippen MR) is 126 cm³/mol. The summed E-state index contributed by atoms with van der Waals surface area (Å²) in [6, 6.07) is 5.14. The van der Waals surface area contributed by atoms with Crippen LogP contribution in [0.4, 0.5) is 16.4 Å². The minimum atomic E-state index is -0.572. The van der Waals surface area contributed by atoms with Gasteiger partial charge in [-0.3, -0.25) is 19.5 Å². The molecular weight excluding hydrogens is 442 g/mol. The SMILES string of the molecule is Cc1ccc(Cl)cc1N1CCN(CCn2c(C)c[n+]3c2N=C2C3C(=O)N(C)C(=O)N2C)CC1. The van der Waals surface area contributed by atoms with Crippen molar-refractivity contribution < 1.29 is 14.2 Å². The molecule has 0 radical (unpaired) electrons. The maximum atomic E-state index is 12.8. The van der Waals surface area contributed by atoms with E-state index in [1.165, 1.54) is 28.1 Å². The fourth-order valence-electron chi connectivity index (χ4n) is 4.96. The van der Waals surface area contributed by atoms with E-state index in [0.717, 1.165) is 55.9 Å². The zero-order valence-electron chi connectivity index (χ0n) is 19.5. The van der Waals surface area contributed by atoms with Gasteiger partial charge in [0.1, 0.15) is 11.9 Å². The first-order chi connectivity index (χ1) is 15.8. The van der Waals surface area contributed by atoms with Crippen LogP contribution >= 0.6 is 11.6 Å². The Labute approximate surface area is 198 Å². The summed E-state index contributed by atoms with van der Waals surface area (Å²) in [5.74, 6) is 0.978. The van der Waals surface area contributed by atoms with Gasteiger partial charge >= 0.3 is 12.0 Å². The number of benzene rings is 1. The smallest absolute Gasteiger partial charge is 0.369 e. The molecule has 10 heteroatoms. The third-order valence-corrected chi connectivity index (χ3v) is 7.20. The maximum absolute atomic E-state index is 12.8. The quantitative estimate of drug-likeness (QED) is 0.641. The first kappa shape index (κ1) is 21.9. The molecule has 0 spiro atoms. The van der Waals surface area contributed by atoms with E-state index in [0.29, 0.717) is 5.84 Å². The molecule has 33 heavy (non-hydrogen) atoms. The van der Waals surface area contributed by atoms with E-state index in [2.05, 4.69) is 33.4 Å². The van der Waals surface area contributed by atoms with E-state index in [1.807, 2.05) is 23.8 Å². The topological polar surface area (TPSA) is 68.3 Å². The number of likely N-dealkylation sites (N-methyl/N-ethyl adjacent to an activating group) is 2. The van der Waals surface area contributed by atoms with Gasteiger partial charge in [-0.2, -0.15) is 0 Å². The van der Waals surface area contributed by atoms with Crippen LogP contribution in [0.1, 0.15) is 17.3 Å². The van der Waals surface area contributed by atoms with Crippen molar-refractivity contribution in [1.82, 2.24) is 19.3 Å². The fourth-order valence-corrected chi connectivity index (χ4v) is 5.13. The standard InChI is InChI=1S/C23H29ClN7O2/c1-15-5-6-17(24)13-18(15)29-10-7-28(8-11-29)9-12-30-16(2)14-31-19-20(25-22(30)31)26(3)23(33)27(4)21(19)32/h5-6,13-14,19H,7-12H2,1-4H3/q+1. The average molecular weight is 471 g/mol. The number of imidazole rings is 1. The lowest BCUT2D eigenvalue weighted by Crippen LogP contribution is -2.61. The van der Waals surface area contributed by atoms with Gasteiger partial charge in [-0.15, -0.1) is 0 Å². The number of carbonyl (C=O) groups excluding carboxylic acids is 2. The number of amides is 3. The number of hydrogen-bond acceptors (Lipinski definition) is 5. The van der Waals surface area contributed by atoms with Gasteiger partial charge in [0, 0.05) is 57.5 Å². The number of aromatic nitrogens is 2. The molecule has 3 aliphatic rings. The van der Waals surface area contributed by atoms with E-state index in [4.69, 9.17) is 16.6 Å². The summed E-state index contributed by atoms with van der Waals surface area (Å²) in [5, 5.41) is 0.770. The number of fused-ring (bicyclic) bond motifs is 3. The predicted octanol–water partition coefficient (Wildman–Crippen LogP) is 1.98. The number of nitrogens with zero attached hydrogens (tertiary/aromatic N) is 7. The van der Waals surface area contributed by atoms with Gasteiger partial charge in [-0.05, 0) is 31.5 Å². The van der Waals surface area contributed by atoms with Crippen molar-refractivity contribution in [2.24, 2.45) is 4.99 Å². The summed E-state index contributed by atoms with van der Waals surface area (Å²) in [5.41, 5.74) is 3.51. The number of urea groups is 1. The van der Waals surface area contributed by atoms with Crippen molar-refractivity contribution in [3.05, 3.63) is 40.7 Å². The molecule has 9 nitrogen and oxygen atoms in total. The van der Waals surface area contributed by atoms with Crippen LogP contribution < -0.4 is 9.47 Å². The number of anilines is 1. The maximum Gasteiger partial charge on any atom is 0.401 e. The molecule has 0 bridgehead atoms. The molecule has 174 valence electrons. The van der Waals surface area contributed by atoms with Gasteiger partial charge in [-0.1, -0.05) is 22.7 Å². The van der Waals surface area contributed by atoms with Crippen LogP contribution in [0.25, 0.3) is 0 Å². The summed E-state index contributed by atoms with van der Waals surface area (Å²) >= 11 is 6.21. The van der Waals surface area contributed by atoms with Crippen LogP contribution in [0, 0.1) is 13.8 Å². The summed E-state index contributed by atoms with van der Waals surface area (Å²) in [6.07, 6.45) is 1.96. The molecule has 5 rings (SSSR count).